The molecular formula is C13H19BrN2O2. The molecule has 100 valence electrons. The Morgan fingerprint density at radius 3 is 2.83 bits per heavy atom. The molecule has 1 aromatic rings. The molecule has 0 atom stereocenters. The van der Waals surface area contributed by atoms with Gasteiger partial charge in [-0.2, -0.15) is 0 Å². The summed E-state index contributed by atoms with van der Waals surface area (Å²) < 4.78 is 6.13. The van der Waals surface area contributed by atoms with Crippen molar-refractivity contribution < 1.29 is 9.53 Å². The first-order valence-electron chi connectivity index (χ1n) is 5.95. The van der Waals surface area contributed by atoms with E-state index in [1.807, 2.05) is 18.2 Å². The van der Waals surface area contributed by atoms with Crippen molar-refractivity contribution in [1.29, 1.82) is 0 Å². The summed E-state index contributed by atoms with van der Waals surface area (Å²) in [5.41, 5.74) is 6.26. The van der Waals surface area contributed by atoms with E-state index in [2.05, 4.69) is 21.2 Å². The highest BCUT2D eigenvalue weighted by molar-refractivity contribution is 9.10. The number of benzene rings is 1. The minimum atomic E-state index is -0.228. The van der Waals surface area contributed by atoms with E-state index < -0.39 is 0 Å². The Kier molecular flexibility index (Phi) is 6.75. The predicted molar refractivity (Wildman–Crippen MR) is 75.4 cm³/mol. The number of nitrogens with two attached hydrogens (primary N) is 1. The van der Waals surface area contributed by atoms with Crippen LogP contribution in [0, 0.1) is 0 Å². The zero-order valence-corrected chi connectivity index (χ0v) is 12.1. The summed E-state index contributed by atoms with van der Waals surface area (Å²) in [6.07, 6.45) is 2.27. The third kappa shape index (κ3) is 5.51. The number of hydrogen-bond donors (Lipinski definition) is 2. The first-order chi connectivity index (χ1) is 8.63. The SMILES string of the molecule is COc1ccc(CNCCCCC(N)=O)cc1Br. The molecule has 3 N–H and O–H groups in total. The maximum absolute atomic E-state index is 10.5. The number of unbranched alkanes of at least 4 members (excludes halogenated alkanes) is 1. The van der Waals surface area contributed by atoms with E-state index in [1.165, 1.54) is 5.56 Å². The highest BCUT2D eigenvalue weighted by Crippen LogP contribution is 2.25. The predicted octanol–water partition coefficient (Wildman–Crippen LogP) is 2.20. The lowest BCUT2D eigenvalue weighted by molar-refractivity contribution is -0.118. The molecule has 0 aliphatic carbocycles. The molecule has 0 spiro atoms. The number of methoxy groups -OCH3 is 1. The smallest absolute Gasteiger partial charge is 0.217 e. The van der Waals surface area contributed by atoms with Crippen LogP contribution in [-0.2, 0) is 11.3 Å². The van der Waals surface area contributed by atoms with E-state index in [0.717, 1.165) is 36.2 Å². The average molecular weight is 315 g/mol. The van der Waals surface area contributed by atoms with Crippen molar-refractivity contribution >= 4 is 21.8 Å². The Labute approximate surface area is 116 Å². The highest BCUT2D eigenvalue weighted by Gasteiger charge is 2.01. The minimum absolute atomic E-state index is 0.228. The molecule has 1 rings (SSSR count). The number of hydrogen-bond acceptors (Lipinski definition) is 3. The topological polar surface area (TPSA) is 64.3 Å². The van der Waals surface area contributed by atoms with Crippen LogP contribution in [0.3, 0.4) is 0 Å². The van der Waals surface area contributed by atoms with Gasteiger partial charge in [0.05, 0.1) is 11.6 Å². The van der Waals surface area contributed by atoms with Crippen LogP contribution in [0.2, 0.25) is 0 Å². The van der Waals surface area contributed by atoms with E-state index in [0.29, 0.717) is 6.42 Å². The Hall–Kier alpha value is -1.07. The first kappa shape index (κ1) is 15.0. The Morgan fingerprint density at radius 2 is 2.22 bits per heavy atom. The molecule has 0 fully saturated rings. The van der Waals surface area contributed by atoms with E-state index in [4.69, 9.17) is 10.5 Å². The third-order valence-corrected chi connectivity index (χ3v) is 3.19. The maximum Gasteiger partial charge on any atom is 0.217 e. The standard InChI is InChI=1S/C13H19BrN2O2/c1-18-12-6-5-10(8-11(12)14)9-16-7-3-2-4-13(15)17/h5-6,8,16H,2-4,7,9H2,1H3,(H2,15,17). The van der Waals surface area contributed by atoms with Gasteiger partial charge < -0.3 is 15.8 Å². The number of nitrogens with one attached hydrogen (secondary N) is 1. The van der Waals surface area contributed by atoms with Crippen LogP contribution in [0.1, 0.15) is 24.8 Å². The molecule has 4 nitrogen and oxygen atoms in total. The summed E-state index contributed by atoms with van der Waals surface area (Å²) in [5, 5.41) is 3.33. The van der Waals surface area contributed by atoms with Gasteiger partial charge >= 0.3 is 0 Å². The van der Waals surface area contributed by atoms with Crippen LogP contribution >= 0.6 is 15.9 Å². The van der Waals surface area contributed by atoms with Crippen LogP contribution < -0.4 is 15.8 Å². The van der Waals surface area contributed by atoms with Gasteiger partial charge in [0.2, 0.25) is 5.91 Å². The van der Waals surface area contributed by atoms with Gasteiger partial charge in [0, 0.05) is 13.0 Å². The van der Waals surface area contributed by atoms with Crippen LogP contribution in [0.4, 0.5) is 0 Å². The third-order valence-electron chi connectivity index (χ3n) is 2.57. The zero-order chi connectivity index (χ0) is 13.4. The fourth-order valence-electron chi connectivity index (χ4n) is 1.60. The Morgan fingerprint density at radius 1 is 1.44 bits per heavy atom. The van der Waals surface area contributed by atoms with E-state index in [9.17, 15) is 4.79 Å². The molecular weight excluding hydrogens is 296 g/mol. The fourth-order valence-corrected chi connectivity index (χ4v) is 2.19. The number of carbonyl (C=O) groups excluding carboxylic acids is 1. The number of ether oxygens (including phenoxy) is 1. The highest BCUT2D eigenvalue weighted by atomic mass is 79.9. The lowest BCUT2D eigenvalue weighted by atomic mass is 10.2. The van der Waals surface area contributed by atoms with Crippen LogP contribution in [0.5, 0.6) is 5.75 Å². The number of amides is 1. The van der Waals surface area contributed by atoms with Gasteiger partial charge in [0.25, 0.3) is 0 Å². The molecule has 0 saturated heterocycles. The van der Waals surface area contributed by atoms with Crippen molar-refractivity contribution in [2.75, 3.05) is 13.7 Å². The minimum Gasteiger partial charge on any atom is -0.496 e. The monoisotopic (exact) mass is 314 g/mol. The molecule has 0 aliphatic rings. The van der Waals surface area contributed by atoms with Gasteiger partial charge in [-0.05, 0) is 53.0 Å². The summed E-state index contributed by atoms with van der Waals surface area (Å²) in [4.78, 5) is 10.5. The Bertz CT molecular complexity index is 397. The van der Waals surface area contributed by atoms with Crippen molar-refractivity contribution in [3.05, 3.63) is 28.2 Å². The van der Waals surface area contributed by atoms with Gasteiger partial charge in [-0.25, -0.2) is 0 Å². The molecule has 1 aromatic carbocycles. The number of rotatable bonds is 8. The molecule has 0 unspecified atom stereocenters. The largest absolute Gasteiger partial charge is 0.496 e. The lowest BCUT2D eigenvalue weighted by Gasteiger charge is -2.07. The van der Waals surface area contributed by atoms with Crippen molar-refractivity contribution in [1.82, 2.24) is 5.32 Å². The summed E-state index contributed by atoms with van der Waals surface area (Å²) in [6.45, 7) is 1.69. The van der Waals surface area contributed by atoms with Gasteiger partial charge in [-0.3, -0.25) is 4.79 Å². The van der Waals surface area contributed by atoms with E-state index in [-0.39, 0.29) is 5.91 Å². The second kappa shape index (κ2) is 8.11. The maximum atomic E-state index is 10.5. The Balaban J connectivity index is 2.23. The summed E-state index contributed by atoms with van der Waals surface area (Å²) in [6, 6.07) is 6.00. The van der Waals surface area contributed by atoms with Gasteiger partial charge in [0.15, 0.2) is 0 Å². The molecule has 0 radical (unpaired) electrons. The second-order valence-corrected chi connectivity index (χ2v) is 4.92. The van der Waals surface area contributed by atoms with Crippen molar-refractivity contribution in [2.45, 2.75) is 25.8 Å². The van der Waals surface area contributed by atoms with Crippen molar-refractivity contribution in [2.24, 2.45) is 5.73 Å². The van der Waals surface area contributed by atoms with Gasteiger partial charge in [-0.15, -0.1) is 0 Å². The molecule has 0 heterocycles. The van der Waals surface area contributed by atoms with E-state index >= 15 is 0 Å². The molecule has 1 amide bonds. The second-order valence-electron chi connectivity index (χ2n) is 4.07. The van der Waals surface area contributed by atoms with Crippen LogP contribution in [-0.4, -0.2) is 19.6 Å². The molecule has 0 bridgehead atoms. The normalized spacial score (nSPS) is 10.3. The quantitative estimate of drug-likeness (QED) is 0.723. The van der Waals surface area contributed by atoms with Crippen LogP contribution in [0.15, 0.2) is 22.7 Å². The van der Waals surface area contributed by atoms with E-state index in [1.54, 1.807) is 7.11 Å². The molecule has 5 heteroatoms. The number of halogens is 1. The fraction of sp³-hybridized carbons (Fsp3) is 0.462. The summed E-state index contributed by atoms with van der Waals surface area (Å²) in [5.74, 6) is 0.606. The first-order valence-corrected chi connectivity index (χ1v) is 6.74. The molecule has 18 heavy (non-hydrogen) atoms. The van der Waals surface area contributed by atoms with Gasteiger partial charge in [0.1, 0.15) is 5.75 Å². The van der Waals surface area contributed by atoms with Crippen molar-refractivity contribution in [3.63, 3.8) is 0 Å². The van der Waals surface area contributed by atoms with Crippen LogP contribution in [0.25, 0.3) is 0 Å². The number of carbonyl (C=O) groups is 1. The number of primary amides is 1. The molecule has 0 saturated carbocycles. The molecule has 0 aromatic heterocycles. The summed E-state index contributed by atoms with van der Waals surface area (Å²) in [7, 11) is 1.65. The average Bonchev–Trinajstić information content (AvgIpc) is 2.33. The zero-order valence-electron chi connectivity index (χ0n) is 10.5. The molecule has 0 aliphatic heterocycles. The lowest BCUT2D eigenvalue weighted by Crippen LogP contribution is -2.16. The van der Waals surface area contributed by atoms with Gasteiger partial charge in [-0.1, -0.05) is 6.07 Å². The van der Waals surface area contributed by atoms with Crippen molar-refractivity contribution in [3.8, 4) is 5.75 Å². The summed E-state index contributed by atoms with van der Waals surface area (Å²) >= 11 is 3.45.